The number of nitrogens with two attached hydrogens (primary N) is 1. The molecule has 1 heterocycles. The summed E-state index contributed by atoms with van der Waals surface area (Å²) in [6.07, 6.45) is 0. The molecule has 0 spiro atoms. The minimum Gasteiger partial charge on any atom is -0.465 e. The standard InChI is InChI=1S/C13H14F2N2O3S/c1-7-3-4-12(20-7)8(2)17-21(18,19)13-6-11(16)9(14)5-10(13)15/h3-6,8,17H,16H2,1-2H3. The summed E-state index contributed by atoms with van der Waals surface area (Å²) in [5, 5.41) is 0. The minimum atomic E-state index is -4.20. The number of nitrogen functional groups attached to an aromatic ring is 1. The van der Waals surface area contributed by atoms with E-state index in [1.54, 1.807) is 26.0 Å². The molecular weight excluding hydrogens is 302 g/mol. The van der Waals surface area contributed by atoms with E-state index in [0.717, 1.165) is 6.07 Å². The third kappa shape index (κ3) is 3.22. The highest BCUT2D eigenvalue weighted by Gasteiger charge is 2.24. The van der Waals surface area contributed by atoms with Crippen molar-refractivity contribution in [3.8, 4) is 0 Å². The molecule has 1 aromatic carbocycles. The van der Waals surface area contributed by atoms with Gasteiger partial charge in [0.15, 0.2) is 0 Å². The fourth-order valence-electron chi connectivity index (χ4n) is 1.79. The predicted octanol–water partition coefficient (Wildman–Crippen LogP) is 2.49. The topological polar surface area (TPSA) is 85.3 Å². The van der Waals surface area contributed by atoms with Gasteiger partial charge in [-0.3, -0.25) is 0 Å². The summed E-state index contributed by atoms with van der Waals surface area (Å²) in [4.78, 5) is -0.712. The fourth-order valence-corrected chi connectivity index (χ4v) is 3.10. The third-order valence-corrected chi connectivity index (χ3v) is 4.42. The molecule has 0 saturated carbocycles. The minimum absolute atomic E-state index is 0.381. The number of aryl methyl sites for hydroxylation is 1. The number of hydrogen-bond acceptors (Lipinski definition) is 4. The van der Waals surface area contributed by atoms with Crippen molar-refractivity contribution in [2.45, 2.75) is 24.8 Å². The maximum absolute atomic E-state index is 13.6. The first-order chi connectivity index (χ1) is 9.70. The Balaban J connectivity index is 2.32. The van der Waals surface area contributed by atoms with Crippen molar-refractivity contribution in [2.75, 3.05) is 5.73 Å². The molecular formula is C13H14F2N2O3S. The highest BCUT2D eigenvalue weighted by atomic mass is 32.2. The van der Waals surface area contributed by atoms with Crippen LogP contribution >= 0.6 is 0 Å². The van der Waals surface area contributed by atoms with Crippen LogP contribution in [0.3, 0.4) is 0 Å². The van der Waals surface area contributed by atoms with Crippen LogP contribution in [0.5, 0.6) is 0 Å². The van der Waals surface area contributed by atoms with Crippen molar-refractivity contribution < 1.29 is 21.6 Å². The number of nitrogens with one attached hydrogen (secondary N) is 1. The Morgan fingerprint density at radius 1 is 1.24 bits per heavy atom. The normalized spacial score (nSPS) is 13.3. The van der Waals surface area contributed by atoms with Gasteiger partial charge in [-0.2, -0.15) is 0 Å². The third-order valence-electron chi connectivity index (χ3n) is 2.86. The molecule has 1 unspecified atom stereocenters. The van der Waals surface area contributed by atoms with Crippen molar-refractivity contribution in [2.24, 2.45) is 0 Å². The van der Waals surface area contributed by atoms with E-state index in [2.05, 4.69) is 4.72 Å². The Morgan fingerprint density at radius 3 is 2.48 bits per heavy atom. The van der Waals surface area contributed by atoms with Gasteiger partial charge in [-0.05, 0) is 32.0 Å². The van der Waals surface area contributed by atoms with Gasteiger partial charge in [0.25, 0.3) is 0 Å². The summed E-state index contributed by atoms with van der Waals surface area (Å²) in [7, 11) is -4.20. The van der Waals surface area contributed by atoms with Crippen LogP contribution in [0, 0.1) is 18.6 Å². The van der Waals surface area contributed by atoms with Crippen LogP contribution < -0.4 is 10.5 Å². The molecule has 1 aromatic heterocycles. The molecule has 0 aliphatic carbocycles. The van der Waals surface area contributed by atoms with Crippen LogP contribution in [-0.2, 0) is 10.0 Å². The average molecular weight is 316 g/mol. The van der Waals surface area contributed by atoms with Crippen LogP contribution in [-0.4, -0.2) is 8.42 Å². The molecule has 0 aliphatic heterocycles. The van der Waals surface area contributed by atoms with Gasteiger partial charge in [0, 0.05) is 6.07 Å². The number of sulfonamides is 1. The monoisotopic (exact) mass is 316 g/mol. The molecule has 2 rings (SSSR count). The molecule has 5 nitrogen and oxygen atoms in total. The van der Waals surface area contributed by atoms with Gasteiger partial charge in [0.1, 0.15) is 28.1 Å². The van der Waals surface area contributed by atoms with E-state index in [1.165, 1.54) is 0 Å². The van der Waals surface area contributed by atoms with Crippen molar-refractivity contribution in [1.82, 2.24) is 4.72 Å². The summed E-state index contributed by atoms with van der Waals surface area (Å²) in [5.74, 6) is -1.22. The van der Waals surface area contributed by atoms with E-state index < -0.39 is 38.3 Å². The fraction of sp³-hybridized carbons (Fsp3) is 0.231. The van der Waals surface area contributed by atoms with E-state index in [4.69, 9.17) is 10.2 Å². The summed E-state index contributed by atoms with van der Waals surface area (Å²) < 4.78 is 58.5. The Labute approximate surface area is 120 Å². The molecule has 114 valence electrons. The summed E-state index contributed by atoms with van der Waals surface area (Å²) in [6.45, 7) is 3.26. The molecule has 3 N–H and O–H groups in total. The zero-order valence-electron chi connectivity index (χ0n) is 11.4. The molecule has 21 heavy (non-hydrogen) atoms. The maximum Gasteiger partial charge on any atom is 0.244 e. The van der Waals surface area contributed by atoms with Gasteiger partial charge in [0.05, 0.1) is 11.7 Å². The van der Waals surface area contributed by atoms with Crippen LogP contribution in [0.15, 0.2) is 33.6 Å². The number of halogens is 2. The molecule has 0 bridgehead atoms. The van der Waals surface area contributed by atoms with Gasteiger partial charge in [0.2, 0.25) is 10.0 Å². The Hall–Kier alpha value is -1.93. The lowest BCUT2D eigenvalue weighted by Gasteiger charge is -2.13. The van der Waals surface area contributed by atoms with E-state index in [9.17, 15) is 17.2 Å². The molecule has 0 radical (unpaired) electrons. The average Bonchev–Trinajstić information content (AvgIpc) is 2.80. The van der Waals surface area contributed by atoms with Gasteiger partial charge in [-0.15, -0.1) is 0 Å². The smallest absolute Gasteiger partial charge is 0.244 e. The van der Waals surface area contributed by atoms with Crippen molar-refractivity contribution >= 4 is 15.7 Å². The van der Waals surface area contributed by atoms with Crippen molar-refractivity contribution in [1.29, 1.82) is 0 Å². The second kappa shape index (κ2) is 5.45. The second-order valence-electron chi connectivity index (χ2n) is 4.60. The highest BCUT2D eigenvalue weighted by Crippen LogP contribution is 2.23. The number of anilines is 1. The van der Waals surface area contributed by atoms with Crippen LogP contribution in [0.25, 0.3) is 0 Å². The number of furan rings is 1. The first kappa shape index (κ1) is 15.5. The van der Waals surface area contributed by atoms with E-state index >= 15 is 0 Å². The van der Waals surface area contributed by atoms with Gasteiger partial charge >= 0.3 is 0 Å². The van der Waals surface area contributed by atoms with Crippen LogP contribution in [0.1, 0.15) is 24.5 Å². The van der Waals surface area contributed by atoms with E-state index in [1.807, 2.05) is 0 Å². The Bertz CT molecular complexity index is 772. The summed E-state index contributed by atoms with van der Waals surface area (Å²) >= 11 is 0. The largest absolute Gasteiger partial charge is 0.465 e. The number of rotatable bonds is 4. The Kier molecular flexibility index (Phi) is 4.02. The predicted molar refractivity (Wildman–Crippen MR) is 73.0 cm³/mol. The molecule has 1 atom stereocenters. The zero-order chi connectivity index (χ0) is 15.8. The van der Waals surface area contributed by atoms with Gasteiger partial charge in [-0.25, -0.2) is 21.9 Å². The summed E-state index contributed by atoms with van der Waals surface area (Å²) in [5.41, 5.74) is 4.83. The Morgan fingerprint density at radius 2 is 1.90 bits per heavy atom. The highest BCUT2D eigenvalue weighted by molar-refractivity contribution is 7.89. The number of benzene rings is 1. The zero-order valence-corrected chi connectivity index (χ0v) is 12.2. The maximum atomic E-state index is 13.6. The molecule has 0 aliphatic rings. The first-order valence-electron chi connectivity index (χ1n) is 6.04. The second-order valence-corrected chi connectivity index (χ2v) is 6.28. The molecule has 8 heteroatoms. The lowest BCUT2D eigenvalue weighted by Crippen LogP contribution is -2.27. The summed E-state index contributed by atoms with van der Waals surface area (Å²) in [6, 6.07) is 3.75. The molecule has 0 fully saturated rings. The molecule has 0 amide bonds. The van der Waals surface area contributed by atoms with Crippen molar-refractivity contribution in [3.05, 3.63) is 47.4 Å². The first-order valence-corrected chi connectivity index (χ1v) is 7.52. The molecule has 0 saturated heterocycles. The van der Waals surface area contributed by atoms with E-state index in [-0.39, 0.29) is 0 Å². The van der Waals surface area contributed by atoms with Crippen LogP contribution in [0.2, 0.25) is 0 Å². The van der Waals surface area contributed by atoms with Crippen LogP contribution in [0.4, 0.5) is 14.5 Å². The lowest BCUT2D eigenvalue weighted by atomic mass is 10.3. The quantitative estimate of drug-likeness (QED) is 0.849. The van der Waals surface area contributed by atoms with Gasteiger partial charge < -0.3 is 10.2 Å². The van der Waals surface area contributed by atoms with Gasteiger partial charge in [-0.1, -0.05) is 0 Å². The molecule has 2 aromatic rings. The van der Waals surface area contributed by atoms with E-state index in [0.29, 0.717) is 17.6 Å². The van der Waals surface area contributed by atoms with Crippen molar-refractivity contribution in [3.63, 3.8) is 0 Å². The lowest BCUT2D eigenvalue weighted by molar-refractivity contribution is 0.440. The SMILES string of the molecule is Cc1ccc(C(C)NS(=O)(=O)c2cc(N)c(F)cc2F)o1. The number of hydrogen-bond donors (Lipinski definition) is 2.